The number of hydrogen-bond donors (Lipinski definition) is 3. The van der Waals surface area contributed by atoms with Crippen LogP contribution in [0, 0.1) is 0 Å². The molecule has 0 spiro atoms. The molecule has 1 aromatic carbocycles. The van der Waals surface area contributed by atoms with E-state index in [2.05, 4.69) is 15.0 Å². The summed E-state index contributed by atoms with van der Waals surface area (Å²) in [6.07, 6.45) is 4.31. The van der Waals surface area contributed by atoms with Gasteiger partial charge in [0.25, 0.3) is 0 Å². The average molecular weight is 288 g/mol. The fourth-order valence-corrected chi connectivity index (χ4v) is 1.29. The highest BCUT2D eigenvalue weighted by molar-refractivity contribution is 6.18. The van der Waals surface area contributed by atoms with Crippen LogP contribution in [0.2, 0.25) is 0 Å². The zero-order valence-electron chi connectivity index (χ0n) is 10.7. The molecule has 0 saturated carbocycles. The molecule has 0 saturated heterocycles. The van der Waals surface area contributed by atoms with Crippen LogP contribution in [0.3, 0.4) is 0 Å². The van der Waals surface area contributed by atoms with Crippen molar-refractivity contribution in [1.29, 1.82) is 0 Å². The van der Waals surface area contributed by atoms with Gasteiger partial charge >= 0.3 is 11.9 Å². The molecule has 0 aliphatic carbocycles. The van der Waals surface area contributed by atoms with Gasteiger partial charge in [0.1, 0.15) is 19.0 Å². The molecule has 0 aliphatic heterocycles. The van der Waals surface area contributed by atoms with Crippen LogP contribution in [0.1, 0.15) is 5.56 Å². The zero-order chi connectivity index (χ0) is 15.7. The highest BCUT2D eigenvalue weighted by atomic mass is 16.4. The van der Waals surface area contributed by atoms with Gasteiger partial charge in [0.05, 0.1) is 5.70 Å². The van der Waals surface area contributed by atoms with Gasteiger partial charge in [0.2, 0.25) is 0 Å². The maximum Gasteiger partial charge on any atom is 0.345 e. The van der Waals surface area contributed by atoms with Crippen molar-refractivity contribution in [2.75, 3.05) is 0 Å². The van der Waals surface area contributed by atoms with E-state index in [9.17, 15) is 9.59 Å². The Hall–Kier alpha value is -3.29. The molecule has 8 nitrogen and oxygen atoms in total. The lowest BCUT2D eigenvalue weighted by atomic mass is 10.1. The van der Waals surface area contributed by atoms with Gasteiger partial charge in [-0.1, -0.05) is 30.3 Å². The van der Waals surface area contributed by atoms with Gasteiger partial charge in [-0.05, 0) is 5.56 Å². The number of carboxylic acid groups (broad SMARTS) is 2. The molecule has 0 radical (unpaired) electrons. The molecule has 0 amide bonds. The van der Waals surface area contributed by atoms with Crippen LogP contribution in [0.4, 0.5) is 0 Å². The second kappa shape index (κ2) is 8.00. The largest absolute Gasteiger partial charge is 0.477 e. The first kappa shape index (κ1) is 15.8. The van der Waals surface area contributed by atoms with E-state index < -0.39 is 17.5 Å². The van der Waals surface area contributed by atoms with Gasteiger partial charge in [0.15, 0.2) is 5.57 Å². The summed E-state index contributed by atoms with van der Waals surface area (Å²) >= 11 is 0. The number of aliphatic carboxylic acids is 2. The van der Waals surface area contributed by atoms with Crippen molar-refractivity contribution >= 4 is 17.6 Å². The minimum absolute atomic E-state index is 0.254. The van der Waals surface area contributed by atoms with Crippen molar-refractivity contribution in [2.24, 2.45) is 5.73 Å². The molecule has 0 fully saturated rings. The summed E-state index contributed by atoms with van der Waals surface area (Å²) in [6.45, 7) is 0. The van der Waals surface area contributed by atoms with Gasteiger partial charge < -0.3 is 15.9 Å². The van der Waals surface area contributed by atoms with E-state index >= 15 is 0 Å². The van der Waals surface area contributed by atoms with Gasteiger partial charge in [-0.3, -0.25) is 0 Å². The summed E-state index contributed by atoms with van der Waals surface area (Å²) < 4.78 is 0. The van der Waals surface area contributed by atoms with E-state index in [1.807, 2.05) is 0 Å². The summed E-state index contributed by atoms with van der Waals surface area (Å²) in [6, 6.07) is 8.09. The Balaban J connectivity index is 0.000000304. The molecule has 0 aliphatic rings. The van der Waals surface area contributed by atoms with Gasteiger partial charge in [-0.15, -0.1) is 0 Å². The van der Waals surface area contributed by atoms with Crippen molar-refractivity contribution in [3.05, 3.63) is 60.5 Å². The number of hydrogen-bond acceptors (Lipinski definition) is 6. The molecule has 0 unspecified atom stereocenters. The molecule has 21 heavy (non-hydrogen) atoms. The summed E-state index contributed by atoms with van der Waals surface area (Å²) in [7, 11) is 0. The third-order valence-electron chi connectivity index (χ3n) is 2.18. The zero-order valence-corrected chi connectivity index (χ0v) is 10.7. The molecule has 8 heteroatoms. The normalized spacial score (nSPS) is 8.95. The van der Waals surface area contributed by atoms with Gasteiger partial charge in [0, 0.05) is 0 Å². The highest BCUT2D eigenvalue weighted by Crippen LogP contribution is 2.13. The molecule has 1 aromatic heterocycles. The van der Waals surface area contributed by atoms with Crippen LogP contribution in [0.5, 0.6) is 0 Å². The lowest BCUT2D eigenvalue weighted by molar-refractivity contribution is -0.140. The summed E-state index contributed by atoms with van der Waals surface area (Å²) in [5.74, 6) is -3.10. The Kier molecular flexibility index (Phi) is 6.00. The number of carboxylic acids is 2. The van der Waals surface area contributed by atoms with Crippen LogP contribution < -0.4 is 5.73 Å². The van der Waals surface area contributed by atoms with Gasteiger partial charge in [-0.2, -0.15) is 0 Å². The van der Waals surface area contributed by atoms with Crippen LogP contribution in [-0.4, -0.2) is 37.1 Å². The van der Waals surface area contributed by atoms with Gasteiger partial charge in [-0.25, -0.2) is 24.5 Å². The second-order valence-electron chi connectivity index (χ2n) is 3.56. The number of nitrogens with zero attached hydrogens (tertiary/aromatic N) is 3. The first-order valence-electron chi connectivity index (χ1n) is 5.60. The highest BCUT2D eigenvalue weighted by Gasteiger charge is 2.21. The Morgan fingerprint density at radius 1 is 0.857 bits per heavy atom. The fourth-order valence-electron chi connectivity index (χ4n) is 1.29. The van der Waals surface area contributed by atoms with E-state index in [4.69, 9.17) is 15.9 Å². The quantitative estimate of drug-likeness (QED) is 0.419. The van der Waals surface area contributed by atoms with Crippen molar-refractivity contribution < 1.29 is 19.8 Å². The standard InChI is InChI=1S/C10H9NO4.C3H3N3/c11-8(6-4-2-1-3-5-6)7(9(12)13)10(14)15;1-4-2-6-3-5-1/h1-5H,11H2,(H,12,13)(H,14,15);1-3H. The average Bonchev–Trinajstić information content (AvgIpc) is 2.50. The van der Waals surface area contributed by atoms with E-state index in [0.717, 1.165) is 0 Å². The molecule has 1 heterocycles. The summed E-state index contributed by atoms with van der Waals surface area (Å²) in [5, 5.41) is 17.3. The summed E-state index contributed by atoms with van der Waals surface area (Å²) in [5.41, 5.74) is 4.76. The minimum atomic E-state index is -1.55. The second-order valence-corrected chi connectivity index (χ2v) is 3.56. The van der Waals surface area contributed by atoms with Crippen LogP contribution >= 0.6 is 0 Å². The monoisotopic (exact) mass is 288 g/mol. The SMILES string of the molecule is NC(=C(C(=O)O)C(=O)O)c1ccccc1.c1ncncn1. The van der Waals surface area contributed by atoms with Crippen molar-refractivity contribution in [2.45, 2.75) is 0 Å². The number of carbonyl (C=O) groups is 2. The Labute approximate surface area is 119 Å². The smallest absolute Gasteiger partial charge is 0.345 e. The Bertz CT molecular complexity index is 586. The Morgan fingerprint density at radius 3 is 1.62 bits per heavy atom. The van der Waals surface area contributed by atoms with Crippen molar-refractivity contribution in [3.63, 3.8) is 0 Å². The lowest BCUT2D eigenvalue weighted by Crippen LogP contribution is -2.17. The maximum absolute atomic E-state index is 10.6. The summed E-state index contributed by atoms with van der Waals surface area (Å²) in [4.78, 5) is 32.0. The van der Waals surface area contributed by atoms with E-state index in [-0.39, 0.29) is 5.70 Å². The molecule has 108 valence electrons. The van der Waals surface area contributed by atoms with Crippen LogP contribution in [-0.2, 0) is 9.59 Å². The third kappa shape index (κ3) is 5.07. The molecule has 4 N–H and O–H groups in total. The van der Waals surface area contributed by atoms with Crippen LogP contribution in [0.15, 0.2) is 54.9 Å². The molecule has 0 atom stereocenters. The number of nitrogens with two attached hydrogens (primary N) is 1. The number of rotatable bonds is 3. The van der Waals surface area contributed by atoms with Crippen LogP contribution in [0.25, 0.3) is 5.70 Å². The first-order valence-corrected chi connectivity index (χ1v) is 5.60. The van der Waals surface area contributed by atoms with Crippen molar-refractivity contribution in [1.82, 2.24) is 15.0 Å². The lowest BCUT2D eigenvalue weighted by Gasteiger charge is -2.03. The molecular formula is C13H12N4O4. The molecule has 2 rings (SSSR count). The molecule has 2 aromatic rings. The molecular weight excluding hydrogens is 276 g/mol. The fraction of sp³-hybridized carbons (Fsp3) is 0. The third-order valence-corrected chi connectivity index (χ3v) is 2.18. The Morgan fingerprint density at radius 2 is 1.29 bits per heavy atom. The minimum Gasteiger partial charge on any atom is -0.477 e. The van der Waals surface area contributed by atoms with E-state index in [1.165, 1.54) is 19.0 Å². The topological polar surface area (TPSA) is 139 Å². The van der Waals surface area contributed by atoms with E-state index in [0.29, 0.717) is 5.56 Å². The van der Waals surface area contributed by atoms with Crippen molar-refractivity contribution in [3.8, 4) is 0 Å². The molecule has 0 bridgehead atoms. The number of benzene rings is 1. The number of aromatic nitrogens is 3. The predicted molar refractivity (Wildman–Crippen MR) is 72.6 cm³/mol. The predicted octanol–water partition coefficient (Wildman–Crippen LogP) is 0.397. The first-order chi connectivity index (χ1) is 10.0. The maximum atomic E-state index is 10.6. The van der Waals surface area contributed by atoms with E-state index in [1.54, 1.807) is 30.3 Å².